The Hall–Kier alpha value is -1.35. The van der Waals surface area contributed by atoms with Crippen LogP contribution in [-0.4, -0.2) is 16.9 Å². The average Bonchev–Trinajstić information content (AvgIpc) is 2.39. The number of nitrogens with zero attached hydrogens (tertiary/aromatic N) is 1. The molecule has 4 heteroatoms. The zero-order valence-electron chi connectivity index (χ0n) is 10.4. The summed E-state index contributed by atoms with van der Waals surface area (Å²) < 4.78 is 0. The highest BCUT2D eigenvalue weighted by Crippen LogP contribution is 2.14. The van der Waals surface area contributed by atoms with Gasteiger partial charge >= 0.3 is 0 Å². The minimum atomic E-state index is -0.0608. The van der Waals surface area contributed by atoms with E-state index in [0.29, 0.717) is 10.7 Å². The van der Waals surface area contributed by atoms with E-state index in [1.807, 2.05) is 6.92 Å². The molecule has 1 unspecified atom stereocenters. The first-order valence-electron chi connectivity index (χ1n) is 6.31. The molecule has 1 heterocycles. The van der Waals surface area contributed by atoms with Gasteiger partial charge < -0.3 is 5.32 Å². The zero-order valence-corrected chi connectivity index (χ0v) is 11.2. The Labute approximate surface area is 112 Å². The molecular formula is C14H17ClN2O. The summed E-state index contributed by atoms with van der Waals surface area (Å²) in [5.74, 6) is -0.0608. The number of nitrogens with one attached hydrogen (secondary N) is 1. The molecule has 0 radical (unpaired) electrons. The summed E-state index contributed by atoms with van der Waals surface area (Å²) >= 11 is 5.91. The predicted molar refractivity (Wildman–Crippen MR) is 72.9 cm³/mol. The molecule has 1 atom stereocenters. The molecule has 1 aliphatic carbocycles. The van der Waals surface area contributed by atoms with Gasteiger partial charge in [-0.05, 0) is 37.8 Å². The number of carbonyl (C=O) groups excluding carboxylic acids is 1. The highest BCUT2D eigenvalue weighted by molar-refractivity contribution is 6.29. The van der Waals surface area contributed by atoms with Crippen LogP contribution >= 0.6 is 11.6 Å². The number of aryl methyl sites for hydroxylation is 1. The van der Waals surface area contributed by atoms with Gasteiger partial charge in [0, 0.05) is 17.3 Å². The summed E-state index contributed by atoms with van der Waals surface area (Å²) in [6, 6.07) is 3.66. The maximum atomic E-state index is 12.1. The summed E-state index contributed by atoms with van der Waals surface area (Å²) in [7, 11) is 0. The highest BCUT2D eigenvalue weighted by Gasteiger charge is 2.15. The quantitative estimate of drug-likeness (QED) is 0.673. The van der Waals surface area contributed by atoms with E-state index in [2.05, 4.69) is 22.5 Å². The van der Waals surface area contributed by atoms with Crippen molar-refractivity contribution in [2.75, 3.05) is 0 Å². The maximum absolute atomic E-state index is 12.1. The van der Waals surface area contributed by atoms with Gasteiger partial charge in [0.15, 0.2) is 0 Å². The average molecular weight is 265 g/mol. The van der Waals surface area contributed by atoms with E-state index in [9.17, 15) is 4.79 Å². The van der Waals surface area contributed by atoms with Gasteiger partial charge in [-0.25, -0.2) is 4.98 Å². The van der Waals surface area contributed by atoms with Crippen LogP contribution in [0.2, 0.25) is 5.15 Å². The molecule has 0 aromatic carbocycles. The molecule has 1 aromatic heterocycles. The van der Waals surface area contributed by atoms with Crippen LogP contribution in [0.25, 0.3) is 0 Å². The summed E-state index contributed by atoms with van der Waals surface area (Å²) in [4.78, 5) is 16.3. The van der Waals surface area contributed by atoms with Crippen molar-refractivity contribution in [1.29, 1.82) is 0 Å². The lowest BCUT2D eigenvalue weighted by Crippen LogP contribution is -2.35. The van der Waals surface area contributed by atoms with Gasteiger partial charge in [0.1, 0.15) is 5.15 Å². The first-order chi connectivity index (χ1) is 8.69. The first-order valence-corrected chi connectivity index (χ1v) is 6.69. The molecule has 3 nitrogen and oxygen atoms in total. The number of aromatic nitrogens is 1. The van der Waals surface area contributed by atoms with Crippen LogP contribution in [0.1, 0.15) is 42.2 Å². The van der Waals surface area contributed by atoms with E-state index in [1.165, 1.54) is 0 Å². The van der Waals surface area contributed by atoms with Crippen molar-refractivity contribution in [2.45, 2.75) is 38.6 Å². The minimum absolute atomic E-state index is 0.0608. The third kappa shape index (κ3) is 3.33. The predicted octanol–water partition coefficient (Wildman–Crippen LogP) is 3.14. The molecule has 0 bridgehead atoms. The molecule has 0 spiro atoms. The summed E-state index contributed by atoms with van der Waals surface area (Å²) in [5.41, 5.74) is 1.44. The fourth-order valence-corrected chi connectivity index (χ4v) is 2.28. The van der Waals surface area contributed by atoms with Crippen LogP contribution in [0, 0.1) is 0 Å². The van der Waals surface area contributed by atoms with Crippen molar-refractivity contribution < 1.29 is 4.79 Å². The number of rotatable bonds is 3. The number of pyridine rings is 1. The lowest BCUT2D eigenvalue weighted by molar-refractivity contribution is 0.0934. The van der Waals surface area contributed by atoms with Gasteiger partial charge in [-0.15, -0.1) is 0 Å². The number of hydrogen-bond donors (Lipinski definition) is 1. The molecule has 0 fully saturated rings. The zero-order chi connectivity index (χ0) is 13.0. The van der Waals surface area contributed by atoms with Crippen molar-refractivity contribution in [3.63, 3.8) is 0 Å². The smallest absolute Gasteiger partial charge is 0.251 e. The van der Waals surface area contributed by atoms with Crippen molar-refractivity contribution in [3.05, 3.63) is 40.7 Å². The monoisotopic (exact) mass is 264 g/mol. The van der Waals surface area contributed by atoms with E-state index >= 15 is 0 Å². The SMILES string of the molecule is CCc1cc(C(=O)NC2CC=CCC2)cc(Cl)n1. The van der Waals surface area contributed by atoms with Gasteiger partial charge in [-0.2, -0.15) is 0 Å². The third-order valence-electron chi connectivity index (χ3n) is 3.08. The Morgan fingerprint density at radius 3 is 3.00 bits per heavy atom. The molecule has 18 heavy (non-hydrogen) atoms. The second-order valence-corrected chi connectivity index (χ2v) is 4.87. The van der Waals surface area contributed by atoms with Crippen molar-refractivity contribution >= 4 is 17.5 Å². The summed E-state index contributed by atoms with van der Waals surface area (Å²) in [6.45, 7) is 1.99. The second kappa shape index (κ2) is 6.01. The van der Waals surface area contributed by atoms with Crippen LogP contribution in [-0.2, 0) is 6.42 Å². The van der Waals surface area contributed by atoms with E-state index in [1.54, 1.807) is 12.1 Å². The van der Waals surface area contributed by atoms with Gasteiger partial charge in [0.2, 0.25) is 0 Å². The number of allylic oxidation sites excluding steroid dienone is 1. The Morgan fingerprint density at radius 2 is 2.33 bits per heavy atom. The Morgan fingerprint density at radius 1 is 1.50 bits per heavy atom. The fourth-order valence-electron chi connectivity index (χ4n) is 2.06. The topological polar surface area (TPSA) is 42.0 Å². The van der Waals surface area contributed by atoms with Gasteiger partial charge in [-0.3, -0.25) is 4.79 Å². The molecule has 1 N–H and O–H groups in total. The lowest BCUT2D eigenvalue weighted by atomic mass is 10.0. The molecule has 1 aliphatic rings. The normalized spacial score (nSPS) is 18.7. The standard InChI is InChI=1S/C14H17ClN2O/c1-2-11-8-10(9-13(15)16-11)14(18)17-12-6-4-3-5-7-12/h3-4,8-9,12H,2,5-7H2,1H3,(H,17,18). The van der Waals surface area contributed by atoms with E-state index in [4.69, 9.17) is 11.6 Å². The first kappa shape index (κ1) is 13.1. The van der Waals surface area contributed by atoms with Gasteiger partial charge in [0.05, 0.1) is 0 Å². The molecule has 1 amide bonds. The maximum Gasteiger partial charge on any atom is 0.251 e. The molecule has 0 saturated carbocycles. The van der Waals surface area contributed by atoms with Crippen molar-refractivity contribution in [3.8, 4) is 0 Å². The van der Waals surface area contributed by atoms with Gasteiger partial charge in [0.25, 0.3) is 5.91 Å². The van der Waals surface area contributed by atoms with E-state index < -0.39 is 0 Å². The molecule has 96 valence electrons. The molecular weight excluding hydrogens is 248 g/mol. The number of hydrogen-bond acceptors (Lipinski definition) is 2. The van der Waals surface area contributed by atoms with Crippen molar-refractivity contribution in [2.24, 2.45) is 0 Å². The Kier molecular flexibility index (Phi) is 4.37. The van der Waals surface area contributed by atoms with Crippen LogP contribution in [0.15, 0.2) is 24.3 Å². The molecule has 0 aliphatic heterocycles. The van der Waals surface area contributed by atoms with Crippen LogP contribution in [0.3, 0.4) is 0 Å². The largest absolute Gasteiger partial charge is 0.349 e. The fraction of sp³-hybridized carbons (Fsp3) is 0.429. The van der Waals surface area contributed by atoms with Crippen LogP contribution in [0.5, 0.6) is 0 Å². The number of halogens is 1. The van der Waals surface area contributed by atoms with E-state index in [-0.39, 0.29) is 11.9 Å². The molecule has 2 rings (SSSR count). The summed E-state index contributed by atoms with van der Waals surface area (Å²) in [6.07, 6.45) is 7.98. The van der Waals surface area contributed by atoms with Crippen molar-refractivity contribution in [1.82, 2.24) is 10.3 Å². The Bertz CT molecular complexity index is 471. The van der Waals surface area contributed by atoms with E-state index in [0.717, 1.165) is 31.4 Å². The molecule has 0 saturated heterocycles. The van der Waals surface area contributed by atoms with Gasteiger partial charge in [-0.1, -0.05) is 30.7 Å². The summed E-state index contributed by atoms with van der Waals surface area (Å²) in [5, 5.41) is 3.41. The lowest BCUT2D eigenvalue weighted by Gasteiger charge is -2.19. The highest BCUT2D eigenvalue weighted by atomic mass is 35.5. The minimum Gasteiger partial charge on any atom is -0.349 e. The third-order valence-corrected chi connectivity index (χ3v) is 3.27. The van der Waals surface area contributed by atoms with Crippen LogP contribution in [0.4, 0.5) is 0 Å². The second-order valence-electron chi connectivity index (χ2n) is 4.48. The number of carbonyl (C=O) groups is 1. The Balaban J connectivity index is 2.08. The molecule has 1 aromatic rings. The number of amides is 1. The van der Waals surface area contributed by atoms with Crippen LogP contribution < -0.4 is 5.32 Å².